The van der Waals surface area contributed by atoms with E-state index in [-0.39, 0.29) is 12.8 Å². The van der Waals surface area contributed by atoms with Gasteiger partial charge in [0.15, 0.2) is 5.82 Å². The number of rotatable bonds is 4. The van der Waals surface area contributed by atoms with Crippen molar-refractivity contribution in [1.29, 1.82) is 0 Å². The Morgan fingerprint density at radius 1 is 1.17 bits per heavy atom. The van der Waals surface area contributed by atoms with Gasteiger partial charge in [-0.3, -0.25) is 15.0 Å². The fourth-order valence-corrected chi connectivity index (χ4v) is 2.25. The molecular weight excluding hydrogens is 294 g/mol. The van der Waals surface area contributed by atoms with Gasteiger partial charge in [-0.25, -0.2) is 9.99 Å². The van der Waals surface area contributed by atoms with E-state index in [0.717, 1.165) is 10.4 Å². The second-order valence-electron chi connectivity index (χ2n) is 5.40. The third-order valence-electron chi connectivity index (χ3n) is 3.93. The molecule has 122 valence electrons. The molecule has 0 fully saturated rings. The Morgan fingerprint density at radius 2 is 1.83 bits per heavy atom. The van der Waals surface area contributed by atoms with Gasteiger partial charge in [-0.2, -0.15) is 0 Å². The summed E-state index contributed by atoms with van der Waals surface area (Å²) in [5.41, 5.74) is 1.68. The van der Waals surface area contributed by atoms with Crippen LogP contribution in [0.15, 0.2) is 36.4 Å². The standard InChI is InChI=1S/C17H21N3O3/c1-4-17(23,5-2)16(22)19-20(12(3)21)15-11-10-13-8-6-7-9-14(13)18-15/h6-11,23H,4-5H2,1-3H3,(H,19,22). The highest BCUT2D eigenvalue weighted by Crippen LogP contribution is 2.19. The summed E-state index contributed by atoms with van der Waals surface area (Å²) in [6, 6.07) is 11.0. The van der Waals surface area contributed by atoms with Crippen LogP contribution in [-0.4, -0.2) is 27.5 Å². The molecule has 6 nitrogen and oxygen atoms in total. The summed E-state index contributed by atoms with van der Waals surface area (Å²) in [4.78, 5) is 28.6. The van der Waals surface area contributed by atoms with E-state index >= 15 is 0 Å². The molecule has 0 atom stereocenters. The Morgan fingerprint density at radius 3 is 2.43 bits per heavy atom. The number of carbonyl (C=O) groups is 2. The molecule has 1 aromatic carbocycles. The highest BCUT2D eigenvalue weighted by atomic mass is 16.3. The van der Waals surface area contributed by atoms with Crippen LogP contribution < -0.4 is 10.4 Å². The van der Waals surface area contributed by atoms with Gasteiger partial charge in [0, 0.05) is 12.3 Å². The van der Waals surface area contributed by atoms with Crippen LogP contribution in [0.5, 0.6) is 0 Å². The largest absolute Gasteiger partial charge is 0.380 e. The number of hydrogen-bond acceptors (Lipinski definition) is 4. The maximum absolute atomic E-state index is 12.3. The number of para-hydroxylation sites is 1. The van der Waals surface area contributed by atoms with Crippen LogP contribution in [0.2, 0.25) is 0 Å². The topological polar surface area (TPSA) is 82.5 Å². The monoisotopic (exact) mass is 315 g/mol. The molecule has 1 heterocycles. The van der Waals surface area contributed by atoms with E-state index in [2.05, 4.69) is 10.4 Å². The van der Waals surface area contributed by atoms with Crippen LogP contribution in [0.25, 0.3) is 10.9 Å². The van der Waals surface area contributed by atoms with Gasteiger partial charge in [-0.15, -0.1) is 0 Å². The molecule has 0 saturated heterocycles. The molecule has 0 aliphatic rings. The summed E-state index contributed by atoms with van der Waals surface area (Å²) < 4.78 is 0. The van der Waals surface area contributed by atoms with Crippen molar-refractivity contribution in [3.05, 3.63) is 36.4 Å². The zero-order chi connectivity index (χ0) is 17.0. The Hall–Kier alpha value is -2.47. The first-order chi connectivity index (χ1) is 10.9. The molecule has 0 saturated carbocycles. The smallest absolute Gasteiger partial charge is 0.270 e. The van der Waals surface area contributed by atoms with Crippen LogP contribution in [-0.2, 0) is 9.59 Å². The lowest BCUT2D eigenvalue weighted by Crippen LogP contribution is -2.54. The second-order valence-corrected chi connectivity index (χ2v) is 5.40. The van der Waals surface area contributed by atoms with Crippen molar-refractivity contribution >= 4 is 28.5 Å². The van der Waals surface area contributed by atoms with Crippen LogP contribution in [0.4, 0.5) is 5.82 Å². The van der Waals surface area contributed by atoms with Crippen molar-refractivity contribution < 1.29 is 14.7 Å². The first kappa shape index (κ1) is 16.9. The molecule has 0 unspecified atom stereocenters. The molecular formula is C17H21N3O3. The van der Waals surface area contributed by atoms with E-state index in [1.807, 2.05) is 30.3 Å². The number of anilines is 1. The van der Waals surface area contributed by atoms with Crippen LogP contribution in [0.3, 0.4) is 0 Å². The summed E-state index contributed by atoms with van der Waals surface area (Å²) in [5.74, 6) is -0.706. The van der Waals surface area contributed by atoms with E-state index < -0.39 is 17.4 Å². The quantitative estimate of drug-likeness (QED) is 0.847. The molecule has 0 radical (unpaired) electrons. The number of fused-ring (bicyclic) bond motifs is 1. The summed E-state index contributed by atoms with van der Waals surface area (Å²) in [7, 11) is 0. The highest BCUT2D eigenvalue weighted by Gasteiger charge is 2.34. The molecule has 23 heavy (non-hydrogen) atoms. The van der Waals surface area contributed by atoms with Crippen LogP contribution >= 0.6 is 0 Å². The lowest BCUT2D eigenvalue weighted by atomic mass is 9.97. The number of benzene rings is 1. The SMILES string of the molecule is CCC(O)(CC)C(=O)NN(C(C)=O)c1ccc2ccccc2n1. The third kappa shape index (κ3) is 3.48. The summed E-state index contributed by atoms with van der Waals surface area (Å²) in [6.07, 6.45) is 0.512. The third-order valence-corrected chi connectivity index (χ3v) is 3.93. The van der Waals surface area contributed by atoms with E-state index in [0.29, 0.717) is 11.3 Å². The minimum absolute atomic E-state index is 0.256. The van der Waals surface area contributed by atoms with Crippen molar-refractivity contribution in [2.45, 2.75) is 39.2 Å². The number of hydrazine groups is 1. The van der Waals surface area contributed by atoms with Crippen molar-refractivity contribution in [3.8, 4) is 0 Å². The number of aromatic nitrogens is 1. The molecule has 2 rings (SSSR count). The number of nitrogens with zero attached hydrogens (tertiary/aromatic N) is 2. The van der Waals surface area contributed by atoms with Gasteiger partial charge in [0.05, 0.1) is 5.52 Å². The van der Waals surface area contributed by atoms with Gasteiger partial charge in [-0.05, 0) is 31.0 Å². The molecule has 0 spiro atoms. The van der Waals surface area contributed by atoms with Gasteiger partial charge in [-0.1, -0.05) is 32.0 Å². The Bertz CT molecular complexity index is 726. The molecule has 0 aliphatic heterocycles. The first-order valence-corrected chi connectivity index (χ1v) is 7.61. The molecule has 1 aromatic heterocycles. The van der Waals surface area contributed by atoms with Gasteiger partial charge in [0.1, 0.15) is 5.60 Å². The maximum atomic E-state index is 12.3. The van der Waals surface area contributed by atoms with Crippen LogP contribution in [0.1, 0.15) is 33.6 Å². The van der Waals surface area contributed by atoms with Gasteiger partial charge in [0.2, 0.25) is 5.91 Å². The second kappa shape index (κ2) is 6.75. The number of hydrogen-bond donors (Lipinski definition) is 2. The lowest BCUT2D eigenvalue weighted by Gasteiger charge is -2.28. The molecule has 0 bridgehead atoms. The van der Waals surface area contributed by atoms with E-state index in [9.17, 15) is 14.7 Å². The summed E-state index contributed by atoms with van der Waals surface area (Å²) in [5, 5.41) is 12.3. The fourth-order valence-electron chi connectivity index (χ4n) is 2.25. The summed E-state index contributed by atoms with van der Waals surface area (Å²) >= 11 is 0. The van der Waals surface area contributed by atoms with Crippen molar-refractivity contribution in [2.24, 2.45) is 0 Å². The molecule has 2 amide bonds. The van der Waals surface area contributed by atoms with E-state index in [1.54, 1.807) is 19.9 Å². The van der Waals surface area contributed by atoms with Gasteiger partial charge >= 0.3 is 0 Å². The highest BCUT2D eigenvalue weighted by molar-refractivity contribution is 5.97. The van der Waals surface area contributed by atoms with Crippen molar-refractivity contribution in [2.75, 3.05) is 5.01 Å². The zero-order valence-corrected chi connectivity index (χ0v) is 13.5. The predicted molar refractivity (Wildman–Crippen MR) is 88.6 cm³/mol. The van der Waals surface area contributed by atoms with Crippen molar-refractivity contribution in [3.63, 3.8) is 0 Å². The maximum Gasteiger partial charge on any atom is 0.270 e. The Labute approximate surface area is 135 Å². The Kier molecular flexibility index (Phi) is 4.95. The number of carbonyl (C=O) groups excluding carboxylic acids is 2. The number of amides is 2. The number of pyridine rings is 1. The molecule has 0 aliphatic carbocycles. The lowest BCUT2D eigenvalue weighted by molar-refractivity contribution is -0.141. The number of nitrogens with one attached hydrogen (secondary N) is 1. The fraction of sp³-hybridized carbons (Fsp3) is 0.353. The molecule has 6 heteroatoms. The minimum atomic E-state index is -1.51. The van der Waals surface area contributed by atoms with Gasteiger partial charge in [0.25, 0.3) is 5.91 Å². The Balaban J connectivity index is 2.34. The minimum Gasteiger partial charge on any atom is -0.380 e. The molecule has 2 aromatic rings. The van der Waals surface area contributed by atoms with Crippen LogP contribution in [0, 0.1) is 0 Å². The van der Waals surface area contributed by atoms with Gasteiger partial charge < -0.3 is 5.11 Å². The van der Waals surface area contributed by atoms with E-state index in [4.69, 9.17) is 0 Å². The summed E-state index contributed by atoms with van der Waals surface area (Å²) in [6.45, 7) is 4.76. The van der Waals surface area contributed by atoms with Crippen molar-refractivity contribution in [1.82, 2.24) is 10.4 Å². The average Bonchev–Trinajstić information content (AvgIpc) is 2.57. The normalized spacial score (nSPS) is 11.3. The molecule has 2 N–H and O–H groups in total. The number of aliphatic hydroxyl groups is 1. The average molecular weight is 315 g/mol. The van der Waals surface area contributed by atoms with E-state index in [1.165, 1.54) is 6.92 Å². The predicted octanol–water partition coefficient (Wildman–Crippen LogP) is 2.17. The zero-order valence-electron chi connectivity index (χ0n) is 13.5. The first-order valence-electron chi connectivity index (χ1n) is 7.61.